The minimum atomic E-state index is -1.37. The molecule has 126 valence electrons. The average Bonchev–Trinajstić information content (AvgIpc) is 3.06. The molecule has 0 aromatic rings. The largest absolute Gasteiger partial charge is 0.469 e. The lowest BCUT2D eigenvalue weighted by atomic mass is 9.74. The number of rotatable bonds is 2. The zero-order chi connectivity index (χ0) is 16.5. The monoisotopic (exact) mass is 326 g/mol. The van der Waals surface area contributed by atoms with Crippen LogP contribution in [0.3, 0.4) is 0 Å². The zero-order valence-electron chi connectivity index (χ0n) is 12.6. The summed E-state index contributed by atoms with van der Waals surface area (Å²) in [6, 6.07) is 0. The third-order valence-electron chi connectivity index (χ3n) is 5.40. The van der Waals surface area contributed by atoms with Crippen LogP contribution in [0.2, 0.25) is 0 Å². The lowest BCUT2D eigenvalue weighted by Crippen LogP contribution is -2.52. The summed E-state index contributed by atoms with van der Waals surface area (Å²) in [5, 5.41) is 20.0. The van der Waals surface area contributed by atoms with E-state index >= 15 is 0 Å². The van der Waals surface area contributed by atoms with Crippen LogP contribution in [-0.2, 0) is 28.5 Å². The van der Waals surface area contributed by atoms with Crippen LogP contribution in [0.4, 0.5) is 0 Å². The number of carbonyl (C=O) groups is 2. The molecule has 3 heterocycles. The average molecular weight is 326 g/mol. The fourth-order valence-corrected chi connectivity index (χ4v) is 4.43. The topological polar surface area (TPSA) is 112 Å². The maximum Gasteiger partial charge on any atom is 0.315 e. The number of aliphatic hydroxyl groups excluding tert-OH is 2. The quantitative estimate of drug-likeness (QED) is 0.488. The van der Waals surface area contributed by atoms with E-state index in [9.17, 15) is 19.8 Å². The molecule has 8 heteroatoms. The Bertz CT molecular complexity index is 586. The molecule has 4 rings (SSSR count). The molecule has 9 atom stereocenters. The van der Waals surface area contributed by atoms with Crippen molar-refractivity contribution in [1.82, 2.24) is 0 Å². The van der Waals surface area contributed by atoms with Gasteiger partial charge in [0.05, 0.1) is 19.1 Å². The molecule has 1 aliphatic carbocycles. The highest BCUT2D eigenvalue weighted by atomic mass is 16.8. The van der Waals surface area contributed by atoms with Crippen LogP contribution in [0.25, 0.3) is 0 Å². The maximum absolute atomic E-state index is 12.1. The van der Waals surface area contributed by atoms with Crippen molar-refractivity contribution < 1.29 is 38.7 Å². The van der Waals surface area contributed by atoms with Gasteiger partial charge in [0, 0.05) is 5.92 Å². The fraction of sp³-hybridized carbons (Fsp3) is 0.733. The third-order valence-corrected chi connectivity index (χ3v) is 5.40. The van der Waals surface area contributed by atoms with E-state index in [1.807, 2.05) is 0 Å². The van der Waals surface area contributed by atoms with Gasteiger partial charge in [-0.05, 0) is 13.0 Å². The smallest absolute Gasteiger partial charge is 0.315 e. The van der Waals surface area contributed by atoms with Crippen LogP contribution < -0.4 is 0 Å². The summed E-state index contributed by atoms with van der Waals surface area (Å²) in [7, 11) is 1.24. The zero-order valence-corrected chi connectivity index (χ0v) is 12.6. The molecule has 0 bridgehead atoms. The number of hydrogen-bond acceptors (Lipinski definition) is 8. The Balaban J connectivity index is 1.73. The molecule has 0 amide bonds. The number of allylic oxidation sites excluding steroid dienone is 1. The van der Waals surface area contributed by atoms with Crippen LogP contribution in [0.5, 0.6) is 0 Å². The van der Waals surface area contributed by atoms with E-state index in [4.69, 9.17) is 18.9 Å². The lowest BCUT2D eigenvalue weighted by molar-refractivity contribution is -0.288. The van der Waals surface area contributed by atoms with Gasteiger partial charge in [0.2, 0.25) is 0 Å². The molecule has 3 saturated heterocycles. The molecule has 0 radical (unpaired) electrons. The SMILES string of the molecule is COC(=O)[C@H]1[C@H]2C=C[C@@]34OC(=O)[C@@H]([C@H](C)O)[C@@H]3O[C@H](O[C@@H]1O)[C@@H]24. The Labute approximate surface area is 132 Å². The minimum absolute atomic E-state index is 0.429. The Morgan fingerprint density at radius 1 is 1.43 bits per heavy atom. The first-order valence-electron chi connectivity index (χ1n) is 7.58. The second kappa shape index (κ2) is 4.76. The summed E-state index contributed by atoms with van der Waals surface area (Å²) in [6.07, 6.45) is -0.392. The highest BCUT2D eigenvalue weighted by molar-refractivity contribution is 5.79. The predicted octanol–water partition coefficient (Wildman–Crippen LogP) is -1.06. The molecule has 0 aromatic carbocycles. The van der Waals surface area contributed by atoms with Gasteiger partial charge < -0.3 is 29.2 Å². The van der Waals surface area contributed by atoms with E-state index in [1.165, 1.54) is 14.0 Å². The first-order chi connectivity index (χ1) is 10.9. The van der Waals surface area contributed by atoms with E-state index in [0.29, 0.717) is 0 Å². The number of hydrogen-bond donors (Lipinski definition) is 2. The van der Waals surface area contributed by atoms with E-state index in [0.717, 1.165) is 0 Å². The number of ether oxygens (including phenoxy) is 4. The second-order valence-electron chi connectivity index (χ2n) is 6.50. The molecule has 23 heavy (non-hydrogen) atoms. The summed E-state index contributed by atoms with van der Waals surface area (Å²) in [4.78, 5) is 24.1. The normalized spacial score (nSPS) is 51.1. The Morgan fingerprint density at radius 2 is 2.17 bits per heavy atom. The van der Waals surface area contributed by atoms with Gasteiger partial charge in [-0.2, -0.15) is 0 Å². The summed E-state index contributed by atoms with van der Waals surface area (Å²) in [5.74, 6) is -3.75. The molecular formula is C15H18O8. The first kappa shape index (κ1) is 15.1. The van der Waals surface area contributed by atoms with Gasteiger partial charge in [0.25, 0.3) is 0 Å². The van der Waals surface area contributed by atoms with Gasteiger partial charge in [-0.15, -0.1) is 0 Å². The highest BCUT2D eigenvalue weighted by Crippen LogP contribution is 2.59. The fourth-order valence-electron chi connectivity index (χ4n) is 4.43. The molecule has 0 aromatic heterocycles. The molecular weight excluding hydrogens is 308 g/mol. The van der Waals surface area contributed by atoms with Crippen LogP contribution in [-0.4, -0.2) is 59.7 Å². The van der Waals surface area contributed by atoms with Crippen molar-refractivity contribution in [3.05, 3.63) is 12.2 Å². The predicted molar refractivity (Wildman–Crippen MR) is 71.4 cm³/mol. The van der Waals surface area contributed by atoms with E-state index in [1.54, 1.807) is 12.2 Å². The van der Waals surface area contributed by atoms with Gasteiger partial charge in [-0.1, -0.05) is 6.08 Å². The Hall–Kier alpha value is -1.48. The first-order valence-corrected chi connectivity index (χ1v) is 7.58. The van der Waals surface area contributed by atoms with Crippen LogP contribution in [0, 0.1) is 23.7 Å². The number of methoxy groups -OCH3 is 1. The van der Waals surface area contributed by atoms with Gasteiger partial charge >= 0.3 is 11.9 Å². The Morgan fingerprint density at radius 3 is 2.83 bits per heavy atom. The third kappa shape index (κ3) is 1.74. The summed E-state index contributed by atoms with van der Waals surface area (Å²) in [6.45, 7) is 1.50. The van der Waals surface area contributed by atoms with Crippen LogP contribution >= 0.6 is 0 Å². The number of esters is 2. The lowest BCUT2D eigenvalue weighted by Gasteiger charge is -2.39. The summed E-state index contributed by atoms with van der Waals surface area (Å²) < 4.78 is 21.6. The van der Waals surface area contributed by atoms with Crippen molar-refractivity contribution in [3.63, 3.8) is 0 Å². The van der Waals surface area contributed by atoms with Crippen molar-refractivity contribution in [1.29, 1.82) is 0 Å². The van der Waals surface area contributed by atoms with Crippen molar-refractivity contribution in [2.75, 3.05) is 7.11 Å². The Kier molecular flexibility index (Phi) is 3.12. The van der Waals surface area contributed by atoms with Gasteiger partial charge in [0.1, 0.15) is 17.9 Å². The highest BCUT2D eigenvalue weighted by Gasteiger charge is 2.73. The standard InChI is InChI=1S/C15H18O8/c1-5(16)7-10-15(23-13(7)19)4-3-6-8(11(17)20-2)12(18)22-14(21-10)9(6)15/h3-10,12,14,16,18H,1-2H3/t5-,6+,7-,8+,9+,10-,12-,14+,15-/m0/s1. The molecule has 3 aliphatic heterocycles. The molecule has 0 unspecified atom stereocenters. The van der Waals surface area contributed by atoms with Crippen molar-refractivity contribution in [2.24, 2.45) is 23.7 Å². The van der Waals surface area contributed by atoms with Gasteiger partial charge in [0.15, 0.2) is 18.2 Å². The van der Waals surface area contributed by atoms with Crippen LogP contribution in [0.1, 0.15) is 6.92 Å². The molecule has 8 nitrogen and oxygen atoms in total. The molecule has 1 spiro atoms. The van der Waals surface area contributed by atoms with Crippen molar-refractivity contribution in [2.45, 2.75) is 37.3 Å². The molecule has 0 saturated carbocycles. The van der Waals surface area contributed by atoms with Crippen LogP contribution in [0.15, 0.2) is 12.2 Å². The molecule has 3 fully saturated rings. The van der Waals surface area contributed by atoms with E-state index in [-0.39, 0.29) is 0 Å². The number of carbonyl (C=O) groups excluding carboxylic acids is 2. The summed E-state index contributed by atoms with van der Waals surface area (Å²) >= 11 is 0. The van der Waals surface area contributed by atoms with Gasteiger partial charge in [-0.25, -0.2) is 0 Å². The summed E-state index contributed by atoms with van der Waals surface area (Å²) in [5.41, 5.74) is -1.07. The van der Waals surface area contributed by atoms with E-state index in [2.05, 4.69) is 0 Å². The number of aliphatic hydroxyl groups is 2. The van der Waals surface area contributed by atoms with E-state index < -0.39 is 66.0 Å². The maximum atomic E-state index is 12.1. The molecule has 2 N–H and O–H groups in total. The molecule has 4 aliphatic rings. The van der Waals surface area contributed by atoms with Gasteiger partial charge in [-0.3, -0.25) is 9.59 Å². The van der Waals surface area contributed by atoms with Crippen molar-refractivity contribution in [3.8, 4) is 0 Å². The van der Waals surface area contributed by atoms with Crippen molar-refractivity contribution >= 4 is 11.9 Å². The minimum Gasteiger partial charge on any atom is -0.469 e. The second-order valence-corrected chi connectivity index (χ2v) is 6.50.